The lowest BCUT2D eigenvalue weighted by Gasteiger charge is -2.25. The van der Waals surface area contributed by atoms with Gasteiger partial charge in [-0.1, -0.05) is 13.8 Å². The van der Waals surface area contributed by atoms with Crippen molar-refractivity contribution in [1.29, 1.82) is 0 Å². The van der Waals surface area contributed by atoms with E-state index in [1.165, 1.54) is 0 Å². The van der Waals surface area contributed by atoms with E-state index in [0.717, 1.165) is 25.7 Å². The Balaban J connectivity index is 2.19. The first-order chi connectivity index (χ1) is 6.59. The van der Waals surface area contributed by atoms with Crippen LogP contribution in [0, 0.1) is 0 Å². The van der Waals surface area contributed by atoms with Crippen molar-refractivity contribution in [2.45, 2.75) is 51.1 Å². The van der Waals surface area contributed by atoms with E-state index in [1.807, 2.05) is 13.8 Å². The molecule has 0 radical (unpaired) electrons. The Morgan fingerprint density at radius 1 is 1.50 bits per heavy atom. The van der Waals surface area contributed by atoms with Gasteiger partial charge < -0.3 is 15.8 Å². The van der Waals surface area contributed by atoms with Crippen LogP contribution in [0.25, 0.3) is 0 Å². The highest BCUT2D eigenvalue weighted by Crippen LogP contribution is 2.19. The van der Waals surface area contributed by atoms with Gasteiger partial charge in [0.15, 0.2) is 0 Å². The Morgan fingerprint density at radius 3 is 2.50 bits per heavy atom. The first-order valence-electron chi connectivity index (χ1n) is 5.32. The first-order valence-corrected chi connectivity index (χ1v) is 5.32. The molecule has 0 spiro atoms. The van der Waals surface area contributed by atoms with Crippen LogP contribution in [-0.2, 0) is 4.74 Å². The van der Waals surface area contributed by atoms with Gasteiger partial charge in [0, 0.05) is 11.6 Å². The van der Waals surface area contributed by atoms with Crippen LogP contribution in [0.15, 0.2) is 0 Å². The van der Waals surface area contributed by atoms with Crippen molar-refractivity contribution >= 4 is 6.09 Å². The number of hydrogen-bond donors (Lipinski definition) is 2. The number of alkyl carbamates (subject to hydrolysis) is 1. The highest BCUT2D eigenvalue weighted by molar-refractivity contribution is 5.68. The molecule has 14 heavy (non-hydrogen) atoms. The molecule has 1 aliphatic carbocycles. The molecule has 82 valence electrons. The van der Waals surface area contributed by atoms with Crippen molar-refractivity contribution in [3.05, 3.63) is 0 Å². The minimum Gasteiger partial charge on any atom is -0.448 e. The van der Waals surface area contributed by atoms with Crippen molar-refractivity contribution in [3.8, 4) is 0 Å². The Kier molecular flexibility index (Phi) is 3.75. The molecule has 3 N–H and O–H groups in total. The van der Waals surface area contributed by atoms with Gasteiger partial charge >= 0.3 is 6.09 Å². The predicted octanol–water partition coefficient (Wildman–Crippen LogP) is 1.39. The van der Waals surface area contributed by atoms with Crippen molar-refractivity contribution < 1.29 is 9.53 Å². The zero-order valence-corrected chi connectivity index (χ0v) is 9.01. The van der Waals surface area contributed by atoms with Gasteiger partial charge in [0.25, 0.3) is 0 Å². The summed E-state index contributed by atoms with van der Waals surface area (Å²) in [5.41, 5.74) is 5.63. The molecular weight excluding hydrogens is 180 g/mol. The molecule has 0 aliphatic heterocycles. The van der Waals surface area contributed by atoms with Crippen LogP contribution in [0.3, 0.4) is 0 Å². The SMILES string of the molecule is CCC(N)(CC)COC(=O)NC1CC1. The van der Waals surface area contributed by atoms with E-state index in [-0.39, 0.29) is 11.6 Å². The van der Waals surface area contributed by atoms with Gasteiger partial charge in [-0.25, -0.2) is 4.79 Å². The second-order valence-corrected chi connectivity index (χ2v) is 4.06. The molecule has 0 aromatic carbocycles. The molecular formula is C10H20N2O2. The van der Waals surface area contributed by atoms with Gasteiger partial charge in [-0.15, -0.1) is 0 Å². The van der Waals surface area contributed by atoms with Crippen LogP contribution in [0.4, 0.5) is 4.79 Å². The summed E-state index contributed by atoms with van der Waals surface area (Å²) in [6, 6.07) is 0.345. The van der Waals surface area contributed by atoms with Crippen LogP contribution in [0.1, 0.15) is 39.5 Å². The molecule has 0 saturated heterocycles. The summed E-state index contributed by atoms with van der Waals surface area (Å²) in [6.45, 7) is 4.32. The minimum atomic E-state index is -0.360. The lowest BCUT2D eigenvalue weighted by Crippen LogP contribution is -2.45. The molecule has 4 nitrogen and oxygen atoms in total. The monoisotopic (exact) mass is 200 g/mol. The molecule has 1 fully saturated rings. The molecule has 0 bridgehead atoms. The number of ether oxygens (including phenoxy) is 1. The molecule has 0 unspecified atom stereocenters. The van der Waals surface area contributed by atoms with Gasteiger partial charge in [0.2, 0.25) is 0 Å². The first kappa shape index (κ1) is 11.3. The van der Waals surface area contributed by atoms with Crippen molar-refractivity contribution in [2.75, 3.05) is 6.61 Å². The Bertz CT molecular complexity index is 198. The van der Waals surface area contributed by atoms with Crippen molar-refractivity contribution in [1.82, 2.24) is 5.32 Å². The van der Waals surface area contributed by atoms with Gasteiger partial charge in [0.1, 0.15) is 6.61 Å². The molecule has 0 heterocycles. The molecule has 0 aromatic heterocycles. The average Bonchev–Trinajstić information content (AvgIpc) is 2.98. The summed E-state index contributed by atoms with van der Waals surface area (Å²) in [5, 5.41) is 2.76. The summed E-state index contributed by atoms with van der Waals surface area (Å²) in [5.74, 6) is 0. The van der Waals surface area contributed by atoms with E-state index in [4.69, 9.17) is 10.5 Å². The van der Waals surface area contributed by atoms with Crippen LogP contribution in [0.5, 0.6) is 0 Å². The van der Waals surface area contributed by atoms with Crippen LogP contribution in [-0.4, -0.2) is 24.3 Å². The number of nitrogens with two attached hydrogens (primary N) is 1. The van der Waals surface area contributed by atoms with E-state index in [9.17, 15) is 4.79 Å². The van der Waals surface area contributed by atoms with Gasteiger partial charge in [0.05, 0.1) is 0 Å². The molecule has 4 heteroatoms. The Labute approximate surface area is 85.2 Å². The fourth-order valence-corrected chi connectivity index (χ4v) is 1.10. The standard InChI is InChI=1S/C10H20N2O2/c1-3-10(11,4-2)7-14-9(13)12-8-5-6-8/h8H,3-7,11H2,1-2H3,(H,12,13). The van der Waals surface area contributed by atoms with Crippen molar-refractivity contribution in [2.24, 2.45) is 5.73 Å². The molecule has 1 amide bonds. The molecule has 0 aromatic rings. The largest absolute Gasteiger partial charge is 0.448 e. The quantitative estimate of drug-likeness (QED) is 0.705. The number of hydrogen-bond acceptors (Lipinski definition) is 3. The lowest BCUT2D eigenvalue weighted by atomic mass is 9.96. The highest BCUT2D eigenvalue weighted by atomic mass is 16.5. The number of rotatable bonds is 5. The number of nitrogens with one attached hydrogen (secondary N) is 1. The molecule has 1 aliphatic rings. The number of amides is 1. The molecule has 1 saturated carbocycles. The summed E-state index contributed by atoms with van der Waals surface area (Å²) >= 11 is 0. The van der Waals surface area contributed by atoms with Crippen LogP contribution >= 0.6 is 0 Å². The molecule has 0 atom stereocenters. The smallest absolute Gasteiger partial charge is 0.407 e. The fraction of sp³-hybridized carbons (Fsp3) is 0.900. The van der Waals surface area contributed by atoms with Crippen molar-refractivity contribution in [3.63, 3.8) is 0 Å². The zero-order valence-electron chi connectivity index (χ0n) is 9.01. The van der Waals surface area contributed by atoms with E-state index in [1.54, 1.807) is 0 Å². The van der Waals surface area contributed by atoms with Gasteiger partial charge in [-0.3, -0.25) is 0 Å². The lowest BCUT2D eigenvalue weighted by molar-refractivity contribution is 0.112. The fourth-order valence-electron chi connectivity index (χ4n) is 1.10. The topological polar surface area (TPSA) is 64.3 Å². The Morgan fingerprint density at radius 2 is 2.07 bits per heavy atom. The summed E-state index contributed by atoms with van der Waals surface area (Å²) in [6.07, 6.45) is 3.46. The third-order valence-corrected chi connectivity index (χ3v) is 2.80. The predicted molar refractivity (Wildman–Crippen MR) is 55.0 cm³/mol. The third kappa shape index (κ3) is 3.54. The third-order valence-electron chi connectivity index (χ3n) is 2.80. The second kappa shape index (κ2) is 4.64. The molecule has 1 rings (SSSR count). The van der Waals surface area contributed by atoms with E-state index in [0.29, 0.717) is 12.6 Å². The summed E-state index contributed by atoms with van der Waals surface area (Å²) < 4.78 is 5.06. The maximum Gasteiger partial charge on any atom is 0.407 e. The normalized spacial score (nSPS) is 16.5. The van der Waals surface area contributed by atoms with E-state index in [2.05, 4.69) is 5.32 Å². The van der Waals surface area contributed by atoms with E-state index < -0.39 is 0 Å². The second-order valence-electron chi connectivity index (χ2n) is 4.06. The average molecular weight is 200 g/mol. The maximum atomic E-state index is 11.2. The van der Waals surface area contributed by atoms with Gasteiger partial charge in [-0.05, 0) is 25.7 Å². The Hall–Kier alpha value is -0.770. The number of carbonyl (C=O) groups excluding carboxylic acids is 1. The summed E-state index contributed by atoms with van der Waals surface area (Å²) in [7, 11) is 0. The van der Waals surface area contributed by atoms with Crippen LogP contribution in [0.2, 0.25) is 0 Å². The van der Waals surface area contributed by atoms with Gasteiger partial charge in [-0.2, -0.15) is 0 Å². The maximum absolute atomic E-state index is 11.2. The van der Waals surface area contributed by atoms with E-state index >= 15 is 0 Å². The minimum absolute atomic E-state index is 0.304. The highest BCUT2D eigenvalue weighted by Gasteiger charge is 2.26. The zero-order chi connectivity index (χ0) is 10.6. The van der Waals surface area contributed by atoms with Crippen LogP contribution < -0.4 is 11.1 Å². The summed E-state index contributed by atoms with van der Waals surface area (Å²) in [4.78, 5) is 11.2. The number of carbonyl (C=O) groups is 1.